The third kappa shape index (κ3) is 2.47. The Hall–Kier alpha value is -2.73. The maximum atomic E-state index is 4.76. The molecule has 2 aromatic rings. The van der Waals surface area contributed by atoms with Crippen LogP contribution in [0, 0.1) is 6.92 Å². The van der Waals surface area contributed by atoms with Crippen molar-refractivity contribution < 1.29 is 0 Å². The number of allylic oxidation sites excluding steroid dienone is 2. The predicted molar refractivity (Wildman–Crippen MR) is 90.3 cm³/mol. The van der Waals surface area contributed by atoms with Gasteiger partial charge < -0.3 is 4.98 Å². The summed E-state index contributed by atoms with van der Waals surface area (Å²) in [7, 11) is 0. The SMILES string of the molecule is CCc1nc(C2=CN3NCN=C3C=C2)c(-c2cccc(C)n2)[nH]1. The Balaban J connectivity index is 1.81. The molecule has 0 aromatic carbocycles. The number of imidazole rings is 1. The average Bonchev–Trinajstić information content (AvgIpc) is 3.20. The Morgan fingerprint density at radius 3 is 2.96 bits per heavy atom. The Morgan fingerprint density at radius 1 is 1.22 bits per heavy atom. The lowest BCUT2D eigenvalue weighted by atomic mass is 10.1. The van der Waals surface area contributed by atoms with Crippen LogP contribution in [-0.2, 0) is 6.42 Å². The quantitative estimate of drug-likeness (QED) is 0.914. The molecule has 2 aliphatic heterocycles. The van der Waals surface area contributed by atoms with Crippen LogP contribution in [0.15, 0.2) is 41.5 Å². The monoisotopic (exact) mass is 306 g/mol. The number of aliphatic imine (C=N–C) groups is 1. The largest absolute Gasteiger partial charge is 0.340 e. The normalized spacial score (nSPS) is 16.3. The lowest BCUT2D eigenvalue weighted by molar-refractivity contribution is 0.454. The van der Waals surface area contributed by atoms with E-state index in [1.165, 1.54) is 0 Å². The van der Waals surface area contributed by atoms with Crippen molar-refractivity contribution in [2.24, 2.45) is 4.99 Å². The number of aromatic nitrogens is 3. The minimum Gasteiger partial charge on any atom is -0.340 e. The number of H-pyrrole nitrogens is 1. The van der Waals surface area contributed by atoms with Crippen LogP contribution in [0.1, 0.15) is 24.1 Å². The van der Waals surface area contributed by atoms with Gasteiger partial charge in [0.1, 0.15) is 18.3 Å². The van der Waals surface area contributed by atoms with Gasteiger partial charge >= 0.3 is 0 Å². The summed E-state index contributed by atoms with van der Waals surface area (Å²) in [5.41, 5.74) is 8.01. The van der Waals surface area contributed by atoms with E-state index in [1.807, 2.05) is 42.4 Å². The van der Waals surface area contributed by atoms with Gasteiger partial charge in [0.05, 0.1) is 17.1 Å². The zero-order valence-electron chi connectivity index (χ0n) is 13.2. The maximum absolute atomic E-state index is 4.76. The molecule has 0 atom stereocenters. The van der Waals surface area contributed by atoms with E-state index in [0.717, 1.165) is 46.4 Å². The number of hydrogen-bond donors (Lipinski definition) is 2. The lowest BCUT2D eigenvalue weighted by Crippen LogP contribution is -2.32. The van der Waals surface area contributed by atoms with Gasteiger partial charge in [0.25, 0.3) is 0 Å². The fourth-order valence-electron chi connectivity index (χ4n) is 2.75. The molecule has 116 valence electrons. The Morgan fingerprint density at radius 2 is 2.13 bits per heavy atom. The average molecular weight is 306 g/mol. The van der Waals surface area contributed by atoms with E-state index in [1.54, 1.807) is 0 Å². The Kier molecular flexibility index (Phi) is 3.31. The zero-order chi connectivity index (χ0) is 15.8. The fourth-order valence-corrected chi connectivity index (χ4v) is 2.75. The van der Waals surface area contributed by atoms with E-state index in [0.29, 0.717) is 6.67 Å². The highest BCUT2D eigenvalue weighted by Gasteiger charge is 2.21. The van der Waals surface area contributed by atoms with Crippen molar-refractivity contribution >= 4 is 11.4 Å². The molecule has 0 spiro atoms. The van der Waals surface area contributed by atoms with E-state index < -0.39 is 0 Å². The zero-order valence-corrected chi connectivity index (χ0v) is 13.2. The number of nitrogens with zero attached hydrogens (tertiary/aromatic N) is 4. The molecule has 0 unspecified atom stereocenters. The van der Waals surface area contributed by atoms with Crippen molar-refractivity contribution in [3.05, 3.63) is 53.8 Å². The van der Waals surface area contributed by atoms with Crippen LogP contribution in [0.5, 0.6) is 0 Å². The highest BCUT2D eigenvalue weighted by atomic mass is 15.6. The van der Waals surface area contributed by atoms with E-state index in [2.05, 4.69) is 33.4 Å². The van der Waals surface area contributed by atoms with Crippen molar-refractivity contribution in [2.75, 3.05) is 6.67 Å². The molecule has 0 fully saturated rings. The van der Waals surface area contributed by atoms with Crippen LogP contribution in [-0.4, -0.2) is 32.5 Å². The van der Waals surface area contributed by atoms with Crippen molar-refractivity contribution in [1.82, 2.24) is 25.4 Å². The molecule has 2 aliphatic rings. The lowest BCUT2D eigenvalue weighted by Gasteiger charge is -2.18. The highest BCUT2D eigenvalue weighted by molar-refractivity contribution is 6.00. The summed E-state index contributed by atoms with van der Waals surface area (Å²) in [4.78, 5) is 17.2. The summed E-state index contributed by atoms with van der Waals surface area (Å²) < 4.78 is 0. The number of hydrazine groups is 1. The number of aromatic amines is 1. The summed E-state index contributed by atoms with van der Waals surface area (Å²) in [6.07, 6.45) is 6.94. The second-order valence-electron chi connectivity index (χ2n) is 5.55. The van der Waals surface area contributed by atoms with E-state index in [-0.39, 0.29) is 0 Å². The Labute approximate surface area is 134 Å². The second kappa shape index (κ2) is 5.48. The van der Waals surface area contributed by atoms with Gasteiger partial charge in [0.15, 0.2) is 0 Å². The van der Waals surface area contributed by atoms with Crippen molar-refractivity contribution in [1.29, 1.82) is 0 Å². The van der Waals surface area contributed by atoms with E-state index in [9.17, 15) is 0 Å². The highest BCUT2D eigenvalue weighted by Crippen LogP contribution is 2.29. The van der Waals surface area contributed by atoms with Gasteiger partial charge in [-0.1, -0.05) is 13.0 Å². The standard InChI is InChI=1S/C17H18N6/c1-3-14-21-16(12-7-8-15-18-10-19-23(15)9-12)17(22-14)13-6-4-5-11(2)20-13/h4-9,19H,3,10H2,1-2H3,(H,21,22). The predicted octanol–water partition coefficient (Wildman–Crippen LogP) is 2.43. The molecule has 0 bridgehead atoms. The van der Waals surface area contributed by atoms with Crippen LogP contribution in [0.4, 0.5) is 0 Å². The molecule has 4 rings (SSSR count). The molecule has 0 radical (unpaired) electrons. The van der Waals surface area contributed by atoms with Crippen LogP contribution in [0.2, 0.25) is 0 Å². The van der Waals surface area contributed by atoms with E-state index >= 15 is 0 Å². The number of rotatable bonds is 3. The molecule has 2 N–H and O–H groups in total. The molecule has 23 heavy (non-hydrogen) atoms. The van der Waals surface area contributed by atoms with Gasteiger partial charge in [0, 0.05) is 23.9 Å². The number of hydrogen-bond acceptors (Lipinski definition) is 5. The third-order valence-electron chi connectivity index (χ3n) is 3.91. The minimum atomic E-state index is 0.608. The molecular weight excluding hydrogens is 288 g/mol. The summed E-state index contributed by atoms with van der Waals surface area (Å²) in [6.45, 7) is 4.70. The molecule has 0 aliphatic carbocycles. The first kappa shape index (κ1) is 13.9. The smallest absolute Gasteiger partial charge is 0.143 e. The molecule has 6 heteroatoms. The van der Waals surface area contributed by atoms with Crippen LogP contribution in [0.3, 0.4) is 0 Å². The Bertz CT molecular complexity index is 843. The summed E-state index contributed by atoms with van der Waals surface area (Å²) >= 11 is 0. The number of aryl methyl sites for hydroxylation is 2. The van der Waals surface area contributed by atoms with Gasteiger partial charge in [-0.05, 0) is 31.2 Å². The molecule has 0 amide bonds. The van der Waals surface area contributed by atoms with Crippen LogP contribution < -0.4 is 5.43 Å². The first-order valence-electron chi connectivity index (χ1n) is 7.75. The second-order valence-corrected chi connectivity index (χ2v) is 5.55. The van der Waals surface area contributed by atoms with Gasteiger partial charge in [-0.2, -0.15) is 0 Å². The van der Waals surface area contributed by atoms with Crippen molar-refractivity contribution in [3.63, 3.8) is 0 Å². The molecule has 6 nitrogen and oxygen atoms in total. The fraction of sp³-hybridized carbons (Fsp3) is 0.235. The van der Waals surface area contributed by atoms with Gasteiger partial charge in [-0.25, -0.2) is 15.4 Å². The number of fused-ring (bicyclic) bond motifs is 1. The first-order valence-corrected chi connectivity index (χ1v) is 7.75. The molecule has 2 aromatic heterocycles. The van der Waals surface area contributed by atoms with Crippen LogP contribution in [0.25, 0.3) is 17.0 Å². The maximum Gasteiger partial charge on any atom is 0.143 e. The number of nitrogens with one attached hydrogen (secondary N) is 2. The third-order valence-corrected chi connectivity index (χ3v) is 3.91. The first-order chi connectivity index (χ1) is 11.2. The molecular formula is C17H18N6. The summed E-state index contributed by atoms with van der Waals surface area (Å²) in [6, 6.07) is 6.03. The molecule has 4 heterocycles. The summed E-state index contributed by atoms with van der Waals surface area (Å²) in [5, 5.41) is 1.93. The molecule has 0 saturated carbocycles. The van der Waals surface area contributed by atoms with Crippen molar-refractivity contribution in [3.8, 4) is 11.4 Å². The topological polar surface area (TPSA) is 69.2 Å². The van der Waals surface area contributed by atoms with Gasteiger partial charge in [0.2, 0.25) is 0 Å². The summed E-state index contributed by atoms with van der Waals surface area (Å²) in [5.74, 6) is 1.89. The van der Waals surface area contributed by atoms with Crippen LogP contribution >= 0.6 is 0 Å². The number of pyridine rings is 1. The van der Waals surface area contributed by atoms with Gasteiger partial charge in [-0.15, -0.1) is 0 Å². The number of amidine groups is 1. The van der Waals surface area contributed by atoms with Gasteiger partial charge in [-0.3, -0.25) is 9.99 Å². The van der Waals surface area contributed by atoms with Crippen molar-refractivity contribution in [2.45, 2.75) is 20.3 Å². The minimum absolute atomic E-state index is 0.608. The molecule has 0 saturated heterocycles. The van der Waals surface area contributed by atoms with E-state index in [4.69, 9.17) is 4.98 Å².